The molecule has 2 aliphatic rings. The second-order valence-corrected chi connectivity index (χ2v) is 13.9. The van der Waals surface area contributed by atoms with Crippen molar-refractivity contribution in [3.05, 3.63) is 108 Å². The van der Waals surface area contributed by atoms with Crippen molar-refractivity contribution in [1.82, 2.24) is 24.3 Å². The summed E-state index contributed by atoms with van der Waals surface area (Å²) in [4.78, 5) is 28.4. The number of hydrogen-bond acceptors (Lipinski definition) is 8. The fourth-order valence-electron chi connectivity index (χ4n) is 7.82. The molecule has 0 radical (unpaired) electrons. The van der Waals surface area contributed by atoms with E-state index >= 15 is 0 Å². The first-order chi connectivity index (χ1) is 25.4. The molecular formula is C41H47FN6O4. The lowest BCUT2D eigenvalue weighted by molar-refractivity contribution is -0.137. The molecule has 2 aromatic heterocycles. The number of nitrogens with zero attached hydrogens (tertiary/aromatic N) is 5. The molecule has 4 heterocycles. The predicted molar refractivity (Wildman–Crippen MR) is 199 cm³/mol. The van der Waals surface area contributed by atoms with Gasteiger partial charge in [-0.25, -0.2) is 9.37 Å². The minimum absolute atomic E-state index is 0.133. The molecule has 1 atom stereocenters. The number of imidazole rings is 1. The predicted octanol–water partition coefficient (Wildman–Crippen LogP) is 6.57. The van der Waals surface area contributed by atoms with Gasteiger partial charge in [-0.15, -0.1) is 0 Å². The fourth-order valence-corrected chi connectivity index (χ4v) is 7.82. The van der Waals surface area contributed by atoms with Gasteiger partial charge in [-0.1, -0.05) is 30.3 Å². The van der Waals surface area contributed by atoms with Crippen LogP contribution in [0.1, 0.15) is 42.5 Å². The third kappa shape index (κ3) is 7.55. The number of fused-ring (bicyclic) bond motifs is 1. The Hall–Kier alpha value is -5.16. The molecule has 10 nitrogen and oxygen atoms in total. The molecule has 3 aromatic carbocycles. The average Bonchev–Trinajstić information content (AvgIpc) is 3.67. The number of para-hydroxylation sites is 2. The van der Waals surface area contributed by atoms with Gasteiger partial charge in [0.05, 0.1) is 50.0 Å². The number of carbonyl (C=O) groups excluding carboxylic acids is 1. The lowest BCUT2D eigenvalue weighted by atomic mass is 9.77. The van der Waals surface area contributed by atoms with Crippen LogP contribution >= 0.6 is 0 Å². The number of piperidine rings is 1. The molecule has 7 rings (SSSR count). The van der Waals surface area contributed by atoms with E-state index in [1.54, 1.807) is 21.3 Å². The van der Waals surface area contributed by atoms with Crippen LogP contribution in [0.15, 0.2) is 85.1 Å². The van der Waals surface area contributed by atoms with Gasteiger partial charge in [0.2, 0.25) is 17.6 Å². The SMILES string of the molecule is COc1cc(CN2CCC(CCN3CCC(Nc4nc5ccccc5n4Cc4ccccn4)CC3)(Cc3ccc(F)cc3)C2=O)cc(OC)c1OC. The quantitative estimate of drug-likeness (QED) is 0.139. The minimum Gasteiger partial charge on any atom is -0.493 e. The van der Waals surface area contributed by atoms with E-state index in [4.69, 9.17) is 19.2 Å². The third-order valence-corrected chi connectivity index (χ3v) is 10.7. The standard InChI is InChI=1S/C41H47FN6O4/c1-50-36-24-30(25-37(51-2)38(36)52-3)27-47-23-18-41(39(47)49,26-29-11-13-31(42)14-12-29)17-22-46-20-15-32(16-21-46)44-40-45-34-9-4-5-10-35(34)48(40)28-33-8-6-7-19-43-33/h4-14,19,24-25,32H,15-18,20-23,26-28H2,1-3H3,(H,44,45). The number of hydrogen-bond donors (Lipinski definition) is 1. The van der Waals surface area contributed by atoms with Crippen LogP contribution in [0.25, 0.3) is 11.0 Å². The van der Waals surface area contributed by atoms with Crippen molar-refractivity contribution in [2.45, 2.75) is 51.2 Å². The van der Waals surface area contributed by atoms with Crippen LogP contribution in [0.4, 0.5) is 10.3 Å². The van der Waals surface area contributed by atoms with E-state index in [-0.39, 0.29) is 17.8 Å². The number of rotatable bonds is 14. The molecule has 0 saturated carbocycles. The molecule has 5 aromatic rings. The zero-order valence-electron chi connectivity index (χ0n) is 30.2. The smallest absolute Gasteiger partial charge is 0.229 e. The normalized spacial score (nSPS) is 18.2. The highest BCUT2D eigenvalue weighted by molar-refractivity contribution is 5.85. The van der Waals surface area contributed by atoms with E-state index in [0.717, 1.165) is 79.1 Å². The van der Waals surface area contributed by atoms with Gasteiger partial charge in [0.1, 0.15) is 5.82 Å². The summed E-state index contributed by atoms with van der Waals surface area (Å²) < 4.78 is 32.7. The number of benzene rings is 3. The second kappa shape index (κ2) is 15.6. The molecule has 52 heavy (non-hydrogen) atoms. The van der Waals surface area contributed by atoms with Gasteiger partial charge < -0.3 is 33.9 Å². The fraction of sp³-hybridized carbons (Fsp3) is 0.390. The van der Waals surface area contributed by atoms with E-state index in [2.05, 4.69) is 31.9 Å². The van der Waals surface area contributed by atoms with Crippen molar-refractivity contribution < 1.29 is 23.4 Å². The minimum atomic E-state index is -0.579. The van der Waals surface area contributed by atoms with Crippen LogP contribution in [0.3, 0.4) is 0 Å². The lowest BCUT2D eigenvalue weighted by Gasteiger charge is -2.35. The monoisotopic (exact) mass is 706 g/mol. The van der Waals surface area contributed by atoms with Gasteiger partial charge >= 0.3 is 0 Å². The number of carbonyl (C=O) groups is 1. The first-order valence-electron chi connectivity index (χ1n) is 18.0. The number of likely N-dealkylation sites (tertiary alicyclic amines) is 2. The van der Waals surface area contributed by atoms with Crippen molar-refractivity contribution in [2.24, 2.45) is 5.41 Å². The zero-order valence-corrected chi connectivity index (χ0v) is 30.2. The van der Waals surface area contributed by atoms with Crippen LogP contribution < -0.4 is 19.5 Å². The Bertz CT molecular complexity index is 1950. The van der Waals surface area contributed by atoms with Crippen molar-refractivity contribution in [3.8, 4) is 17.2 Å². The first-order valence-corrected chi connectivity index (χ1v) is 18.0. The highest BCUT2D eigenvalue weighted by Gasteiger charge is 2.46. The van der Waals surface area contributed by atoms with Crippen LogP contribution in [0.5, 0.6) is 17.2 Å². The van der Waals surface area contributed by atoms with Gasteiger partial charge in [-0.05, 0) is 98.3 Å². The summed E-state index contributed by atoms with van der Waals surface area (Å²) in [7, 11) is 4.76. The van der Waals surface area contributed by atoms with E-state index in [0.29, 0.717) is 43.3 Å². The molecule has 0 spiro atoms. The molecule has 1 amide bonds. The largest absolute Gasteiger partial charge is 0.493 e. The molecular weight excluding hydrogens is 659 g/mol. The highest BCUT2D eigenvalue weighted by Crippen LogP contribution is 2.42. The van der Waals surface area contributed by atoms with Crippen molar-refractivity contribution in [1.29, 1.82) is 0 Å². The Balaban J connectivity index is 1.02. The maximum atomic E-state index is 14.4. The molecule has 2 saturated heterocycles. The van der Waals surface area contributed by atoms with E-state index in [1.165, 1.54) is 12.1 Å². The number of aromatic nitrogens is 3. The van der Waals surface area contributed by atoms with E-state index in [9.17, 15) is 9.18 Å². The molecule has 0 bridgehead atoms. The number of methoxy groups -OCH3 is 3. The Kier molecular flexibility index (Phi) is 10.6. The average molecular weight is 707 g/mol. The third-order valence-electron chi connectivity index (χ3n) is 10.7. The summed E-state index contributed by atoms with van der Waals surface area (Å²) in [6.45, 7) is 4.38. The summed E-state index contributed by atoms with van der Waals surface area (Å²) in [5, 5.41) is 3.76. The molecule has 0 aliphatic carbocycles. The molecule has 11 heteroatoms. The van der Waals surface area contributed by atoms with Crippen LogP contribution in [0, 0.1) is 11.2 Å². The van der Waals surface area contributed by atoms with Crippen LogP contribution in [-0.2, 0) is 24.3 Å². The zero-order chi connectivity index (χ0) is 36.1. The molecule has 1 unspecified atom stereocenters. The second-order valence-electron chi connectivity index (χ2n) is 13.9. The number of ether oxygens (including phenoxy) is 3. The van der Waals surface area contributed by atoms with Gasteiger partial charge in [-0.3, -0.25) is 9.78 Å². The van der Waals surface area contributed by atoms with Gasteiger partial charge in [0, 0.05) is 38.4 Å². The maximum Gasteiger partial charge on any atom is 0.229 e. The summed E-state index contributed by atoms with van der Waals surface area (Å²) in [6, 6.07) is 24.9. The van der Waals surface area contributed by atoms with Crippen molar-refractivity contribution in [3.63, 3.8) is 0 Å². The summed E-state index contributed by atoms with van der Waals surface area (Å²) >= 11 is 0. The highest BCUT2D eigenvalue weighted by atomic mass is 19.1. The number of amides is 1. The summed E-state index contributed by atoms with van der Waals surface area (Å²) in [5.41, 5.74) is 4.33. The number of halogens is 1. The summed E-state index contributed by atoms with van der Waals surface area (Å²) in [6.07, 6.45) is 5.80. The topological polar surface area (TPSA) is 94.0 Å². The molecule has 2 aliphatic heterocycles. The Morgan fingerprint density at radius 2 is 1.60 bits per heavy atom. The Morgan fingerprint density at radius 3 is 2.29 bits per heavy atom. The molecule has 1 N–H and O–H groups in total. The van der Waals surface area contributed by atoms with Crippen molar-refractivity contribution in [2.75, 3.05) is 52.8 Å². The number of anilines is 1. The first kappa shape index (κ1) is 35.3. The lowest BCUT2D eigenvalue weighted by Crippen LogP contribution is -2.43. The van der Waals surface area contributed by atoms with Crippen LogP contribution in [-0.4, -0.2) is 83.8 Å². The van der Waals surface area contributed by atoms with Crippen LogP contribution in [0.2, 0.25) is 0 Å². The summed E-state index contributed by atoms with van der Waals surface area (Å²) in [5.74, 6) is 2.37. The van der Waals surface area contributed by atoms with E-state index < -0.39 is 5.41 Å². The molecule has 272 valence electrons. The Labute approximate surface area is 304 Å². The van der Waals surface area contributed by atoms with Crippen molar-refractivity contribution >= 4 is 22.9 Å². The van der Waals surface area contributed by atoms with Gasteiger partial charge in [0.25, 0.3) is 0 Å². The maximum absolute atomic E-state index is 14.4. The number of pyridine rings is 1. The van der Waals surface area contributed by atoms with Gasteiger partial charge in [0.15, 0.2) is 11.5 Å². The van der Waals surface area contributed by atoms with Gasteiger partial charge in [-0.2, -0.15) is 0 Å². The van der Waals surface area contributed by atoms with E-state index in [1.807, 2.05) is 65.7 Å². The number of nitrogens with one attached hydrogen (secondary N) is 1. The Morgan fingerprint density at radius 1 is 0.865 bits per heavy atom. The molecule has 2 fully saturated rings.